The molecule has 0 heterocycles. The van der Waals surface area contributed by atoms with E-state index in [9.17, 15) is 13.2 Å². The summed E-state index contributed by atoms with van der Waals surface area (Å²) >= 11 is 0. The van der Waals surface area contributed by atoms with Gasteiger partial charge in [-0.05, 0) is 44.0 Å². The monoisotopic (exact) mass is 361 g/mol. The normalized spacial score (nSPS) is 21.3. The molecule has 1 aromatic rings. The van der Waals surface area contributed by atoms with E-state index in [0.717, 1.165) is 25.7 Å². The molecule has 2 rings (SSSR count). The molecule has 1 aliphatic carbocycles. The molecule has 2 unspecified atom stereocenters. The van der Waals surface area contributed by atoms with Crippen LogP contribution in [-0.2, 0) is 14.8 Å². The van der Waals surface area contributed by atoms with Crippen molar-refractivity contribution in [3.8, 4) is 0 Å². The van der Waals surface area contributed by atoms with Crippen LogP contribution in [0.25, 0.3) is 0 Å². The second kappa shape index (κ2) is 8.63. The Hall–Kier alpha value is -1.15. The lowest BCUT2D eigenvalue weighted by Gasteiger charge is -2.27. The molecular formula is C15H24ClN3O3S. The third-order valence-electron chi connectivity index (χ3n) is 4.11. The Morgan fingerprint density at radius 2 is 2.00 bits per heavy atom. The summed E-state index contributed by atoms with van der Waals surface area (Å²) in [6, 6.07) is 6.29. The molecule has 1 fully saturated rings. The first kappa shape index (κ1) is 19.9. The Morgan fingerprint density at radius 1 is 1.30 bits per heavy atom. The van der Waals surface area contributed by atoms with E-state index < -0.39 is 10.0 Å². The van der Waals surface area contributed by atoms with Crippen LogP contribution in [0.3, 0.4) is 0 Å². The maximum Gasteiger partial charge on any atom is 0.240 e. The molecule has 8 heteroatoms. The van der Waals surface area contributed by atoms with Gasteiger partial charge in [0.15, 0.2) is 0 Å². The first-order valence-electron chi connectivity index (χ1n) is 7.51. The van der Waals surface area contributed by atoms with Crippen LogP contribution in [0, 0.1) is 5.92 Å². The quantitative estimate of drug-likeness (QED) is 0.745. The van der Waals surface area contributed by atoms with Gasteiger partial charge in [0.05, 0.1) is 4.90 Å². The maximum absolute atomic E-state index is 12.1. The van der Waals surface area contributed by atoms with Crippen molar-refractivity contribution >= 4 is 34.0 Å². The lowest BCUT2D eigenvalue weighted by atomic mass is 9.83. The van der Waals surface area contributed by atoms with Crippen LogP contribution in [0.15, 0.2) is 29.2 Å². The fraction of sp³-hybridized carbons (Fsp3) is 0.533. The van der Waals surface area contributed by atoms with E-state index in [-0.39, 0.29) is 35.2 Å². The van der Waals surface area contributed by atoms with Crippen molar-refractivity contribution in [1.29, 1.82) is 0 Å². The molecule has 0 aromatic heterocycles. The predicted octanol–water partition coefficient (Wildman–Crippen LogP) is 1.86. The summed E-state index contributed by atoms with van der Waals surface area (Å²) in [7, 11) is -2.16. The van der Waals surface area contributed by atoms with Crippen LogP contribution < -0.4 is 15.8 Å². The second-order valence-electron chi connectivity index (χ2n) is 5.70. The number of carbonyl (C=O) groups excluding carboxylic acids is 1. The number of nitrogens with one attached hydrogen (secondary N) is 2. The average molecular weight is 362 g/mol. The fourth-order valence-electron chi connectivity index (χ4n) is 2.80. The summed E-state index contributed by atoms with van der Waals surface area (Å²) in [5, 5.41) is 2.76. The molecule has 6 nitrogen and oxygen atoms in total. The Balaban J connectivity index is 0.00000264. The molecule has 0 radical (unpaired) electrons. The van der Waals surface area contributed by atoms with E-state index in [2.05, 4.69) is 10.0 Å². The Morgan fingerprint density at radius 3 is 2.65 bits per heavy atom. The molecule has 1 aromatic carbocycles. The predicted molar refractivity (Wildman–Crippen MR) is 93.1 cm³/mol. The topological polar surface area (TPSA) is 101 Å². The number of amides is 1. The highest BCUT2D eigenvalue weighted by atomic mass is 35.5. The molecule has 1 saturated carbocycles. The smallest absolute Gasteiger partial charge is 0.240 e. The molecular weight excluding hydrogens is 338 g/mol. The summed E-state index contributed by atoms with van der Waals surface area (Å²) < 4.78 is 25.8. The molecule has 0 bridgehead atoms. The van der Waals surface area contributed by atoms with Crippen LogP contribution in [-0.4, -0.2) is 27.4 Å². The fourth-order valence-corrected chi connectivity index (χ4v) is 3.57. The lowest BCUT2D eigenvalue weighted by Crippen LogP contribution is -2.35. The SMILES string of the molecule is CNS(=O)(=O)c1cccc(NC(=O)CC2CCCCC2N)c1.Cl. The summed E-state index contributed by atoms with van der Waals surface area (Å²) in [6.07, 6.45) is 4.56. The third kappa shape index (κ3) is 5.46. The third-order valence-corrected chi connectivity index (χ3v) is 5.52. The van der Waals surface area contributed by atoms with Crippen LogP contribution in [0.4, 0.5) is 5.69 Å². The van der Waals surface area contributed by atoms with Gasteiger partial charge in [-0.2, -0.15) is 0 Å². The van der Waals surface area contributed by atoms with Crippen LogP contribution in [0.5, 0.6) is 0 Å². The molecule has 1 amide bonds. The van der Waals surface area contributed by atoms with E-state index in [0.29, 0.717) is 12.1 Å². The minimum absolute atomic E-state index is 0. The van der Waals surface area contributed by atoms with E-state index >= 15 is 0 Å². The summed E-state index contributed by atoms with van der Waals surface area (Å²) in [4.78, 5) is 12.3. The number of nitrogens with two attached hydrogens (primary N) is 1. The number of sulfonamides is 1. The van der Waals surface area contributed by atoms with E-state index in [1.54, 1.807) is 12.1 Å². The molecule has 0 aliphatic heterocycles. The van der Waals surface area contributed by atoms with Gasteiger partial charge in [-0.3, -0.25) is 4.79 Å². The molecule has 4 N–H and O–H groups in total. The van der Waals surface area contributed by atoms with Crippen molar-refractivity contribution in [2.24, 2.45) is 11.7 Å². The summed E-state index contributed by atoms with van der Waals surface area (Å²) in [5.41, 5.74) is 6.53. The van der Waals surface area contributed by atoms with Crippen molar-refractivity contribution in [2.45, 2.75) is 43.0 Å². The maximum atomic E-state index is 12.1. The first-order chi connectivity index (χ1) is 10.4. The van der Waals surface area contributed by atoms with Gasteiger partial charge in [-0.15, -0.1) is 12.4 Å². The highest BCUT2D eigenvalue weighted by Gasteiger charge is 2.24. The lowest BCUT2D eigenvalue weighted by molar-refractivity contribution is -0.117. The number of hydrogen-bond donors (Lipinski definition) is 3. The van der Waals surface area contributed by atoms with E-state index in [1.165, 1.54) is 19.2 Å². The Kier molecular flexibility index (Phi) is 7.47. The van der Waals surface area contributed by atoms with Crippen molar-refractivity contribution in [2.75, 3.05) is 12.4 Å². The van der Waals surface area contributed by atoms with Crippen LogP contribution in [0.1, 0.15) is 32.1 Å². The van der Waals surface area contributed by atoms with Gasteiger partial charge in [-0.25, -0.2) is 13.1 Å². The van der Waals surface area contributed by atoms with E-state index in [4.69, 9.17) is 5.73 Å². The van der Waals surface area contributed by atoms with Gasteiger partial charge < -0.3 is 11.1 Å². The number of hydrogen-bond acceptors (Lipinski definition) is 4. The second-order valence-corrected chi connectivity index (χ2v) is 7.58. The Labute approximate surface area is 143 Å². The van der Waals surface area contributed by atoms with Crippen molar-refractivity contribution in [1.82, 2.24) is 4.72 Å². The van der Waals surface area contributed by atoms with Gasteiger partial charge in [0, 0.05) is 18.2 Å². The molecule has 0 saturated heterocycles. The van der Waals surface area contributed by atoms with Crippen molar-refractivity contribution in [3.05, 3.63) is 24.3 Å². The van der Waals surface area contributed by atoms with E-state index in [1.807, 2.05) is 0 Å². The first-order valence-corrected chi connectivity index (χ1v) is 9.00. The summed E-state index contributed by atoms with van der Waals surface area (Å²) in [5.74, 6) is 0.0827. The van der Waals surface area contributed by atoms with Gasteiger partial charge in [-0.1, -0.05) is 18.9 Å². The zero-order valence-electron chi connectivity index (χ0n) is 13.1. The van der Waals surface area contributed by atoms with Crippen LogP contribution in [0.2, 0.25) is 0 Å². The zero-order valence-corrected chi connectivity index (χ0v) is 14.8. The minimum Gasteiger partial charge on any atom is -0.327 e. The number of anilines is 1. The van der Waals surface area contributed by atoms with Gasteiger partial charge in [0.25, 0.3) is 0 Å². The Bertz CT molecular complexity index is 637. The number of carbonyl (C=O) groups is 1. The van der Waals surface area contributed by atoms with Crippen molar-refractivity contribution in [3.63, 3.8) is 0 Å². The summed E-state index contributed by atoms with van der Waals surface area (Å²) in [6.45, 7) is 0. The molecule has 130 valence electrons. The molecule has 2 atom stereocenters. The van der Waals surface area contributed by atoms with Gasteiger partial charge in [0.1, 0.15) is 0 Å². The highest BCUT2D eigenvalue weighted by Crippen LogP contribution is 2.26. The van der Waals surface area contributed by atoms with Crippen LogP contribution >= 0.6 is 12.4 Å². The zero-order chi connectivity index (χ0) is 16.2. The number of halogens is 1. The number of benzene rings is 1. The largest absolute Gasteiger partial charge is 0.327 e. The van der Waals surface area contributed by atoms with Gasteiger partial charge >= 0.3 is 0 Å². The molecule has 0 spiro atoms. The van der Waals surface area contributed by atoms with Crippen molar-refractivity contribution < 1.29 is 13.2 Å². The van der Waals surface area contributed by atoms with Gasteiger partial charge in [0.2, 0.25) is 15.9 Å². The average Bonchev–Trinajstić information content (AvgIpc) is 2.50. The molecule has 1 aliphatic rings. The molecule has 23 heavy (non-hydrogen) atoms. The number of rotatable bonds is 5. The minimum atomic E-state index is -3.51. The highest BCUT2D eigenvalue weighted by molar-refractivity contribution is 7.89. The standard InChI is InChI=1S/C15H23N3O3S.ClH/c1-17-22(20,21)13-7-4-6-12(10-13)18-15(19)9-11-5-2-3-8-14(11)16;/h4,6-7,10-11,14,17H,2-3,5,8-9,16H2,1H3,(H,18,19);1H.